The van der Waals surface area contributed by atoms with Crippen LogP contribution in [0.3, 0.4) is 0 Å². The predicted octanol–water partition coefficient (Wildman–Crippen LogP) is 1.29. The smallest absolute Gasteiger partial charge is 0.269 e. The maximum Gasteiger partial charge on any atom is 0.269 e. The van der Waals surface area contributed by atoms with Crippen molar-refractivity contribution in [3.05, 3.63) is 40.5 Å². The van der Waals surface area contributed by atoms with Gasteiger partial charge in [-0.25, -0.2) is 15.8 Å². The molecule has 1 amide bonds. The summed E-state index contributed by atoms with van der Waals surface area (Å²) < 4.78 is 0. The van der Waals surface area contributed by atoms with E-state index in [0.717, 1.165) is 0 Å². The van der Waals surface area contributed by atoms with Gasteiger partial charge in [-0.2, -0.15) is 0 Å². The molecule has 0 unspecified atom stereocenters. The molecule has 1 heterocycles. The molecular formula is C12H12ClN5O. The van der Waals surface area contributed by atoms with Crippen molar-refractivity contribution in [2.24, 2.45) is 5.84 Å². The molecule has 0 bridgehead atoms. The number of nitrogens with two attached hydrogens (primary N) is 2. The van der Waals surface area contributed by atoms with Gasteiger partial charge in [0.2, 0.25) is 5.95 Å². The number of nitrogens with zero attached hydrogens (tertiary/aromatic N) is 2. The summed E-state index contributed by atoms with van der Waals surface area (Å²) in [6.07, 6.45) is 0. The number of aromatic nitrogens is 2. The van der Waals surface area contributed by atoms with Crippen LogP contribution in [0, 0.1) is 6.92 Å². The van der Waals surface area contributed by atoms with Crippen molar-refractivity contribution in [3.63, 3.8) is 0 Å². The van der Waals surface area contributed by atoms with Gasteiger partial charge in [-0.15, -0.1) is 0 Å². The quantitative estimate of drug-likeness (QED) is 0.436. The van der Waals surface area contributed by atoms with Crippen LogP contribution in [-0.4, -0.2) is 15.9 Å². The highest BCUT2D eigenvalue weighted by atomic mass is 35.5. The molecule has 7 heteroatoms. The second kappa shape index (κ2) is 5.21. The van der Waals surface area contributed by atoms with E-state index in [1.165, 1.54) is 0 Å². The summed E-state index contributed by atoms with van der Waals surface area (Å²) in [4.78, 5) is 19.9. The zero-order valence-electron chi connectivity index (χ0n) is 10.1. The Morgan fingerprint density at radius 2 is 2.00 bits per heavy atom. The lowest BCUT2D eigenvalue weighted by Gasteiger charge is -2.11. The summed E-state index contributed by atoms with van der Waals surface area (Å²) in [5.74, 6) is 4.75. The average Bonchev–Trinajstić information content (AvgIpc) is 2.37. The highest BCUT2D eigenvalue weighted by molar-refractivity contribution is 6.33. The maximum atomic E-state index is 11.9. The molecule has 1 aromatic heterocycles. The van der Waals surface area contributed by atoms with E-state index in [9.17, 15) is 4.79 Å². The van der Waals surface area contributed by atoms with Crippen LogP contribution in [0.2, 0.25) is 5.02 Å². The Hall–Kier alpha value is -2.18. The molecule has 0 aliphatic rings. The Bertz CT molecular complexity index is 644. The van der Waals surface area contributed by atoms with E-state index in [2.05, 4.69) is 15.4 Å². The highest BCUT2D eigenvalue weighted by Gasteiger charge is 2.20. The number of carbonyl (C=O) groups excluding carboxylic acids is 1. The third-order valence-electron chi connectivity index (χ3n) is 2.59. The predicted molar refractivity (Wildman–Crippen MR) is 73.3 cm³/mol. The average molecular weight is 278 g/mol. The summed E-state index contributed by atoms with van der Waals surface area (Å²) >= 11 is 6.12. The topological polar surface area (TPSA) is 107 Å². The standard InChI is InChI=1S/C12H12ClN5O/c1-6-9(11(19)18-15)10(17-12(14)16-6)7-4-2-3-5-8(7)13/h2-5H,15H2,1H3,(H,18,19)(H2,14,16,17). The minimum absolute atomic E-state index is 0.0704. The lowest BCUT2D eigenvalue weighted by atomic mass is 10.0. The van der Waals surface area contributed by atoms with E-state index in [1.54, 1.807) is 31.2 Å². The highest BCUT2D eigenvalue weighted by Crippen LogP contribution is 2.30. The molecule has 2 rings (SSSR count). The second-order valence-electron chi connectivity index (χ2n) is 3.84. The molecule has 0 atom stereocenters. The van der Waals surface area contributed by atoms with Gasteiger partial charge in [-0.3, -0.25) is 10.2 Å². The van der Waals surface area contributed by atoms with Crippen LogP contribution < -0.4 is 17.0 Å². The number of rotatable bonds is 2. The van der Waals surface area contributed by atoms with Crippen LogP contribution in [0.15, 0.2) is 24.3 Å². The number of aryl methyl sites for hydroxylation is 1. The van der Waals surface area contributed by atoms with E-state index in [0.29, 0.717) is 22.0 Å². The van der Waals surface area contributed by atoms with Crippen molar-refractivity contribution in [3.8, 4) is 11.3 Å². The molecule has 2 aromatic rings. The first-order valence-electron chi connectivity index (χ1n) is 5.44. The van der Waals surface area contributed by atoms with Crippen LogP contribution in [0.4, 0.5) is 5.95 Å². The first-order chi connectivity index (χ1) is 9.04. The minimum Gasteiger partial charge on any atom is -0.368 e. The van der Waals surface area contributed by atoms with Crippen molar-refractivity contribution in [2.45, 2.75) is 6.92 Å². The van der Waals surface area contributed by atoms with Crippen molar-refractivity contribution in [1.29, 1.82) is 0 Å². The van der Waals surface area contributed by atoms with Crippen LogP contribution in [0.25, 0.3) is 11.3 Å². The Labute approximate surface area is 114 Å². The molecule has 5 N–H and O–H groups in total. The van der Waals surface area contributed by atoms with E-state index < -0.39 is 5.91 Å². The van der Waals surface area contributed by atoms with E-state index in [1.807, 2.05) is 0 Å². The number of nitrogens with one attached hydrogen (secondary N) is 1. The zero-order valence-corrected chi connectivity index (χ0v) is 10.9. The fraction of sp³-hybridized carbons (Fsp3) is 0.0833. The number of nitrogen functional groups attached to an aromatic ring is 2. The number of anilines is 1. The first-order valence-corrected chi connectivity index (χ1v) is 5.82. The summed E-state index contributed by atoms with van der Waals surface area (Å²) in [5.41, 5.74) is 9.34. The zero-order chi connectivity index (χ0) is 14.0. The first kappa shape index (κ1) is 13.3. The van der Waals surface area contributed by atoms with E-state index in [-0.39, 0.29) is 11.5 Å². The number of halogens is 1. The summed E-state index contributed by atoms with van der Waals surface area (Å²) in [5, 5.41) is 0.464. The summed E-state index contributed by atoms with van der Waals surface area (Å²) in [6.45, 7) is 1.66. The van der Waals surface area contributed by atoms with Gasteiger partial charge in [0, 0.05) is 10.6 Å². The molecule has 0 fully saturated rings. The largest absolute Gasteiger partial charge is 0.368 e. The number of amides is 1. The molecule has 98 valence electrons. The Morgan fingerprint density at radius 1 is 1.32 bits per heavy atom. The fourth-order valence-corrected chi connectivity index (χ4v) is 2.01. The molecule has 0 saturated carbocycles. The number of hydrogen-bond donors (Lipinski definition) is 3. The van der Waals surface area contributed by atoms with Crippen molar-refractivity contribution < 1.29 is 4.79 Å². The van der Waals surface area contributed by atoms with Gasteiger partial charge < -0.3 is 5.73 Å². The van der Waals surface area contributed by atoms with Gasteiger partial charge in [0.05, 0.1) is 17.0 Å². The maximum absolute atomic E-state index is 11.9. The van der Waals surface area contributed by atoms with E-state index >= 15 is 0 Å². The van der Waals surface area contributed by atoms with Gasteiger partial charge in [-0.05, 0) is 13.0 Å². The fourth-order valence-electron chi connectivity index (χ4n) is 1.79. The summed E-state index contributed by atoms with van der Waals surface area (Å²) in [7, 11) is 0. The van der Waals surface area contributed by atoms with Crippen molar-refractivity contribution in [2.75, 3.05) is 5.73 Å². The Balaban J connectivity index is 2.75. The number of hydrazine groups is 1. The van der Waals surface area contributed by atoms with Gasteiger partial charge in [0.1, 0.15) is 0 Å². The number of carbonyl (C=O) groups is 1. The molecule has 0 spiro atoms. The molecule has 1 aromatic carbocycles. The molecule has 0 saturated heterocycles. The lowest BCUT2D eigenvalue weighted by molar-refractivity contribution is 0.0953. The molecular weight excluding hydrogens is 266 g/mol. The SMILES string of the molecule is Cc1nc(N)nc(-c2ccccc2Cl)c1C(=O)NN. The van der Waals surface area contributed by atoms with Crippen LogP contribution in [0.1, 0.15) is 16.1 Å². The summed E-state index contributed by atoms with van der Waals surface area (Å²) in [6, 6.07) is 7.02. The van der Waals surface area contributed by atoms with Gasteiger partial charge in [0.25, 0.3) is 5.91 Å². The number of benzene rings is 1. The lowest BCUT2D eigenvalue weighted by Crippen LogP contribution is -2.31. The molecule has 6 nitrogen and oxygen atoms in total. The van der Waals surface area contributed by atoms with Crippen molar-refractivity contribution >= 4 is 23.5 Å². The normalized spacial score (nSPS) is 10.3. The minimum atomic E-state index is -0.493. The molecule has 0 aliphatic heterocycles. The Kier molecular flexibility index (Phi) is 3.64. The third kappa shape index (κ3) is 2.49. The second-order valence-corrected chi connectivity index (χ2v) is 4.25. The monoisotopic (exact) mass is 277 g/mol. The van der Waals surface area contributed by atoms with Crippen LogP contribution in [-0.2, 0) is 0 Å². The van der Waals surface area contributed by atoms with Gasteiger partial charge >= 0.3 is 0 Å². The third-order valence-corrected chi connectivity index (χ3v) is 2.92. The molecule has 19 heavy (non-hydrogen) atoms. The van der Waals surface area contributed by atoms with Crippen LogP contribution >= 0.6 is 11.6 Å². The number of hydrogen-bond acceptors (Lipinski definition) is 5. The van der Waals surface area contributed by atoms with Crippen LogP contribution in [0.5, 0.6) is 0 Å². The molecule has 0 aliphatic carbocycles. The molecule has 0 radical (unpaired) electrons. The van der Waals surface area contributed by atoms with E-state index in [4.69, 9.17) is 23.2 Å². The van der Waals surface area contributed by atoms with Gasteiger partial charge in [-0.1, -0.05) is 29.8 Å². The van der Waals surface area contributed by atoms with Crippen molar-refractivity contribution in [1.82, 2.24) is 15.4 Å². The van der Waals surface area contributed by atoms with Gasteiger partial charge in [0.15, 0.2) is 0 Å². The Morgan fingerprint density at radius 3 is 2.63 bits per heavy atom.